The van der Waals surface area contributed by atoms with Crippen molar-refractivity contribution in [3.63, 3.8) is 0 Å². The lowest BCUT2D eigenvalue weighted by Crippen LogP contribution is -2.17. The summed E-state index contributed by atoms with van der Waals surface area (Å²) in [4.78, 5) is 2.17. The molecule has 0 amide bonds. The third-order valence-corrected chi connectivity index (χ3v) is 2.95. The van der Waals surface area contributed by atoms with Crippen molar-refractivity contribution in [2.75, 3.05) is 12.8 Å². The summed E-state index contributed by atoms with van der Waals surface area (Å²) in [5, 5.41) is 9.37. The van der Waals surface area contributed by atoms with Crippen LogP contribution in [-0.2, 0) is 13.1 Å². The SMILES string of the molecule is Cc1occc1CN(C)Cc1ccc(O)c(N)c1. The van der Waals surface area contributed by atoms with Gasteiger partial charge in [0.1, 0.15) is 11.5 Å². The standard InChI is InChI=1S/C14H18N2O2/c1-10-12(5-6-18-10)9-16(2)8-11-3-4-14(17)13(15)7-11/h3-7,17H,8-9,15H2,1-2H3. The Morgan fingerprint density at radius 1 is 1.28 bits per heavy atom. The van der Waals surface area contributed by atoms with E-state index in [4.69, 9.17) is 10.2 Å². The molecule has 1 aromatic carbocycles. The zero-order valence-electron chi connectivity index (χ0n) is 10.7. The lowest BCUT2D eigenvalue weighted by Gasteiger charge is -2.16. The van der Waals surface area contributed by atoms with Gasteiger partial charge in [-0.15, -0.1) is 0 Å². The fraction of sp³-hybridized carbons (Fsp3) is 0.286. The Kier molecular flexibility index (Phi) is 3.58. The van der Waals surface area contributed by atoms with Crippen LogP contribution in [0.3, 0.4) is 0 Å². The molecule has 0 radical (unpaired) electrons. The van der Waals surface area contributed by atoms with Crippen molar-refractivity contribution in [3.05, 3.63) is 47.4 Å². The molecule has 0 aliphatic rings. The number of nitrogens with two attached hydrogens (primary N) is 1. The van der Waals surface area contributed by atoms with Gasteiger partial charge >= 0.3 is 0 Å². The van der Waals surface area contributed by atoms with Crippen LogP contribution in [0.15, 0.2) is 34.9 Å². The Morgan fingerprint density at radius 2 is 2.06 bits per heavy atom. The Morgan fingerprint density at radius 3 is 2.67 bits per heavy atom. The van der Waals surface area contributed by atoms with Gasteiger partial charge in [0, 0.05) is 18.7 Å². The van der Waals surface area contributed by atoms with E-state index in [0.717, 1.165) is 24.4 Å². The zero-order chi connectivity index (χ0) is 13.1. The van der Waals surface area contributed by atoms with Crippen molar-refractivity contribution in [1.29, 1.82) is 0 Å². The Balaban J connectivity index is 2.01. The molecular weight excluding hydrogens is 228 g/mol. The molecule has 0 aliphatic heterocycles. The molecule has 3 N–H and O–H groups in total. The van der Waals surface area contributed by atoms with Gasteiger partial charge in [0.2, 0.25) is 0 Å². The maximum absolute atomic E-state index is 9.37. The first-order valence-electron chi connectivity index (χ1n) is 5.85. The highest BCUT2D eigenvalue weighted by atomic mass is 16.3. The molecule has 0 saturated heterocycles. The number of rotatable bonds is 4. The monoisotopic (exact) mass is 246 g/mol. The topological polar surface area (TPSA) is 62.6 Å². The minimum absolute atomic E-state index is 0.132. The molecule has 1 aromatic heterocycles. The molecule has 4 heteroatoms. The van der Waals surface area contributed by atoms with Crippen molar-refractivity contribution < 1.29 is 9.52 Å². The molecule has 0 atom stereocenters. The van der Waals surface area contributed by atoms with Crippen LogP contribution in [0.4, 0.5) is 5.69 Å². The summed E-state index contributed by atoms with van der Waals surface area (Å²) in [5.41, 5.74) is 8.35. The van der Waals surface area contributed by atoms with Gasteiger partial charge in [-0.2, -0.15) is 0 Å². The molecule has 0 unspecified atom stereocenters. The van der Waals surface area contributed by atoms with Crippen LogP contribution in [-0.4, -0.2) is 17.1 Å². The summed E-state index contributed by atoms with van der Waals surface area (Å²) in [6.07, 6.45) is 1.71. The second kappa shape index (κ2) is 5.14. The van der Waals surface area contributed by atoms with Gasteiger partial charge in [-0.1, -0.05) is 6.07 Å². The van der Waals surface area contributed by atoms with Gasteiger partial charge in [-0.05, 0) is 37.7 Å². The summed E-state index contributed by atoms with van der Waals surface area (Å²) in [6.45, 7) is 3.56. The highest BCUT2D eigenvalue weighted by Crippen LogP contribution is 2.21. The fourth-order valence-electron chi connectivity index (χ4n) is 1.94. The van der Waals surface area contributed by atoms with Crippen LogP contribution >= 0.6 is 0 Å². The van der Waals surface area contributed by atoms with E-state index in [9.17, 15) is 5.11 Å². The summed E-state index contributed by atoms with van der Waals surface area (Å²) in [6, 6.07) is 7.29. The van der Waals surface area contributed by atoms with Gasteiger partial charge in [0.25, 0.3) is 0 Å². The van der Waals surface area contributed by atoms with E-state index >= 15 is 0 Å². The molecule has 1 heterocycles. The molecule has 0 aliphatic carbocycles. The average molecular weight is 246 g/mol. The molecule has 0 saturated carbocycles. The Labute approximate surface area is 107 Å². The first-order chi connectivity index (χ1) is 8.56. The number of nitrogen functional groups attached to an aromatic ring is 1. The minimum atomic E-state index is 0.132. The molecule has 0 bridgehead atoms. The molecule has 0 spiro atoms. The molecular formula is C14H18N2O2. The average Bonchev–Trinajstić information content (AvgIpc) is 2.70. The molecule has 2 aromatic rings. The van der Waals surface area contributed by atoms with Crippen molar-refractivity contribution in [3.8, 4) is 5.75 Å². The predicted octanol–water partition coefficient (Wildman–Crippen LogP) is 2.51. The number of hydrogen-bond donors (Lipinski definition) is 2. The van der Waals surface area contributed by atoms with Gasteiger partial charge in [0.15, 0.2) is 0 Å². The summed E-state index contributed by atoms with van der Waals surface area (Å²) < 4.78 is 5.27. The quantitative estimate of drug-likeness (QED) is 0.642. The first-order valence-corrected chi connectivity index (χ1v) is 5.85. The van der Waals surface area contributed by atoms with Crippen LogP contribution in [0.2, 0.25) is 0 Å². The number of phenols is 1. The maximum Gasteiger partial charge on any atom is 0.138 e. The minimum Gasteiger partial charge on any atom is -0.506 e. The van der Waals surface area contributed by atoms with E-state index in [0.29, 0.717) is 5.69 Å². The smallest absolute Gasteiger partial charge is 0.138 e. The molecule has 2 rings (SSSR count). The van der Waals surface area contributed by atoms with Crippen molar-refractivity contribution in [1.82, 2.24) is 4.90 Å². The van der Waals surface area contributed by atoms with Gasteiger partial charge in [0.05, 0.1) is 12.0 Å². The molecule has 18 heavy (non-hydrogen) atoms. The maximum atomic E-state index is 9.37. The number of hydrogen-bond acceptors (Lipinski definition) is 4. The molecule has 4 nitrogen and oxygen atoms in total. The normalized spacial score (nSPS) is 11.1. The van der Waals surface area contributed by atoms with Crippen molar-refractivity contribution in [2.45, 2.75) is 20.0 Å². The van der Waals surface area contributed by atoms with Gasteiger partial charge in [-0.25, -0.2) is 0 Å². The predicted molar refractivity (Wildman–Crippen MR) is 71.1 cm³/mol. The van der Waals surface area contributed by atoms with Crippen LogP contribution in [0.25, 0.3) is 0 Å². The van der Waals surface area contributed by atoms with Crippen LogP contribution in [0.1, 0.15) is 16.9 Å². The van der Waals surface area contributed by atoms with E-state index in [1.54, 1.807) is 18.4 Å². The number of benzene rings is 1. The third-order valence-electron chi connectivity index (χ3n) is 2.95. The summed E-state index contributed by atoms with van der Waals surface area (Å²) >= 11 is 0. The summed E-state index contributed by atoms with van der Waals surface area (Å²) in [5.74, 6) is 1.08. The van der Waals surface area contributed by atoms with Crippen molar-refractivity contribution in [2.24, 2.45) is 0 Å². The zero-order valence-corrected chi connectivity index (χ0v) is 10.7. The highest BCUT2D eigenvalue weighted by Gasteiger charge is 2.07. The van der Waals surface area contributed by atoms with Crippen LogP contribution in [0.5, 0.6) is 5.75 Å². The van der Waals surface area contributed by atoms with Crippen molar-refractivity contribution >= 4 is 5.69 Å². The Hall–Kier alpha value is -1.94. The fourth-order valence-corrected chi connectivity index (χ4v) is 1.94. The van der Waals surface area contributed by atoms with Gasteiger partial charge in [-0.3, -0.25) is 4.90 Å². The lowest BCUT2D eigenvalue weighted by molar-refractivity contribution is 0.316. The van der Waals surface area contributed by atoms with Crippen LogP contribution < -0.4 is 5.73 Å². The van der Waals surface area contributed by atoms with E-state index in [-0.39, 0.29) is 5.75 Å². The Bertz CT molecular complexity index is 534. The number of nitrogens with zero attached hydrogens (tertiary/aromatic N) is 1. The number of furan rings is 1. The summed E-state index contributed by atoms with van der Waals surface area (Å²) in [7, 11) is 2.04. The number of anilines is 1. The third kappa shape index (κ3) is 2.84. The number of aromatic hydroxyl groups is 1. The number of phenolic OH excluding ortho intramolecular Hbond substituents is 1. The molecule has 96 valence electrons. The first kappa shape index (κ1) is 12.5. The second-order valence-electron chi connectivity index (χ2n) is 4.57. The largest absolute Gasteiger partial charge is 0.506 e. The van der Waals surface area contributed by atoms with Gasteiger partial charge < -0.3 is 15.3 Å². The van der Waals surface area contributed by atoms with E-state index in [1.807, 2.05) is 26.1 Å². The lowest BCUT2D eigenvalue weighted by atomic mass is 10.1. The van der Waals surface area contributed by atoms with E-state index in [1.165, 1.54) is 5.56 Å². The number of aryl methyl sites for hydroxylation is 1. The molecule has 0 fully saturated rings. The highest BCUT2D eigenvalue weighted by molar-refractivity contribution is 5.53. The second-order valence-corrected chi connectivity index (χ2v) is 4.57. The van der Waals surface area contributed by atoms with Crippen LogP contribution in [0, 0.1) is 6.92 Å². The van der Waals surface area contributed by atoms with E-state index < -0.39 is 0 Å². The van der Waals surface area contributed by atoms with E-state index in [2.05, 4.69) is 4.90 Å².